The zero-order chi connectivity index (χ0) is 14.0. The van der Waals surface area contributed by atoms with Crippen LogP contribution in [0.25, 0.3) is 0 Å². The van der Waals surface area contributed by atoms with Crippen LogP contribution in [0.1, 0.15) is 20.3 Å². The molecule has 6 nitrogen and oxygen atoms in total. The first-order valence-corrected chi connectivity index (χ1v) is 6.90. The van der Waals surface area contributed by atoms with Gasteiger partial charge >= 0.3 is 5.97 Å². The van der Waals surface area contributed by atoms with E-state index in [0.29, 0.717) is 12.5 Å². The summed E-state index contributed by atoms with van der Waals surface area (Å²) in [6, 6.07) is 0. The van der Waals surface area contributed by atoms with Gasteiger partial charge in [-0.15, -0.1) is 11.8 Å². The zero-order valence-corrected chi connectivity index (χ0v) is 11.5. The second-order valence-electron chi connectivity index (χ2n) is 4.18. The molecule has 0 aromatic rings. The number of carbonyl (C=O) groups excluding carboxylic acids is 2. The molecule has 0 spiro atoms. The normalized spacial score (nSPS) is 10.2. The van der Waals surface area contributed by atoms with Gasteiger partial charge in [-0.2, -0.15) is 0 Å². The Balaban J connectivity index is 3.50. The fourth-order valence-electron chi connectivity index (χ4n) is 1.00. The van der Waals surface area contributed by atoms with Gasteiger partial charge < -0.3 is 15.7 Å². The maximum absolute atomic E-state index is 11.3. The van der Waals surface area contributed by atoms with Crippen molar-refractivity contribution >= 4 is 29.5 Å². The summed E-state index contributed by atoms with van der Waals surface area (Å²) in [4.78, 5) is 32.7. The van der Waals surface area contributed by atoms with Crippen molar-refractivity contribution in [3.05, 3.63) is 0 Å². The molecular weight excluding hydrogens is 256 g/mol. The second kappa shape index (κ2) is 9.76. The number of nitrogens with one attached hydrogen (secondary N) is 2. The molecule has 0 radical (unpaired) electrons. The first kappa shape index (κ1) is 16.8. The van der Waals surface area contributed by atoms with Crippen LogP contribution in [0.5, 0.6) is 0 Å². The molecule has 0 aromatic carbocycles. The van der Waals surface area contributed by atoms with E-state index in [1.165, 1.54) is 0 Å². The van der Waals surface area contributed by atoms with Gasteiger partial charge in [0.1, 0.15) is 0 Å². The Morgan fingerprint density at radius 2 is 1.78 bits per heavy atom. The van der Waals surface area contributed by atoms with Gasteiger partial charge in [0.2, 0.25) is 11.8 Å². The molecule has 104 valence electrons. The number of hydrogen-bond donors (Lipinski definition) is 3. The van der Waals surface area contributed by atoms with Crippen molar-refractivity contribution < 1.29 is 19.5 Å². The minimum absolute atomic E-state index is 0.0949. The van der Waals surface area contributed by atoms with E-state index in [9.17, 15) is 14.4 Å². The molecule has 3 N–H and O–H groups in total. The van der Waals surface area contributed by atoms with Gasteiger partial charge in [-0.3, -0.25) is 14.4 Å². The summed E-state index contributed by atoms with van der Waals surface area (Å²) in [5.41, 5.74) is 0. The van der Waals surface area contributed by atoms with Crippen LogP contribution in [0.3, 0.4) is 0 Å². The van der Waals surface area contributed by atoms with E-state index in [1.54, 1.807) is 0 Å². The van der Waals surface area contributed by atoms with Gasteiger partial charge in [-0.1, -0.05) is 13.8 Å². The predicted molar refractivity (Wildman–Crippen MR) is 70.4 cm³/mol. The monoisotopic (exact) mass is 276 g/mol. The van der Waals surface area contributed by atoms with Crippen molar-refractivity contribution in [3.8, 4) is 0 Å². The van der Waals surface area contributed by atoms with Crippen LogP contribution in [0, 0.1) is 5.92 Å². The van der Waals surface area contributed by atoms with Crippen LogP contribution in [0.2, 0.25) is 0 Å². The summed E-state index contributed by atoms with van der Waals surface area (Å²) in [5.74, 6) is -0.890. The number of thioether (sulfide) groups is 1. The average Bonchev–Trinajstić information content (AvgIpc) is 2.25. The summed E-state index contributed by atoms with van der Waals surface area (Å²) in [7, 11) is 0. The lowest BCUT2D eigenvalue weighted by molar-refractivity contribution is -0.134. The molecule has 0 aliphatic heterocycles. The third kappa shape index (κ3) is 11.3. The smallest absolute Gasteiger partial charge is 0.313 e. The zero-order valence-electron chi connectivity index (χ0n) is 10.7. The summed E-state index contributed by atoms with van der Waals surface area (Å²) < 4.78 is 0. The van der Waals surface area contributed by atoms with Crippen LogP contribution in [0.15, 0.2) is 0 Å². The van der Waals surface area contributed by atoms with E-state index < -0.39 is 5.97 Å². The molecule has 0 aliphatic carbocycles. The highest BCUT2D eigenvalue weighted by atomic mass is 32.2. The molecule has 18 heavy (non-hydrogen) atoms. The highest BCUT2D eigenvalue weighted by Gasteiger charge is 2.06. The lowest BCUT2D eigenvalue weighted by Crippen LogP contribution is -2.33. The van der Waals surface area contributed by atoms with Crippen molar-refractivity contribution in [2.45, 2.75) is 20.3 Å². The van der Waals surface area contributed by atoms with Crippen LogP contribution in [-0.2, 0) is 14.4 Å². The molecule has 2 amide bonds. The number of carboxylic acids is 1. The van der Waals surface area contributed by atoms with E-state index in [2.05, 4.69) is 10.6 Å². The van der Waals surface area contributed by atoms with Crippen molar-refractivity contribution in [1.29, 1.82) is 0 Å². The molecule has 0 aliphatic rings. The maximum Gasteiger partial charge on any atom is 0.313 e. The van der Waals surface area contributed by atoms with E-state index in [4.69, 9.17) is 5.11 Å². The minimum atomic E-state index is -0.944. The fourth-order valence-corrected chi connectivity index (χ4v) is 1.57. The number of carbonyl (C=O) groups is 3. The van der Waals surface area contributed by atoms with Gasteiger partial charge in [-0.05, 0) is 5.92 Å². The maximum atomic E-state index is 11.3. The Morgan fingerprint density at radius 1 is 1.11 bits per heavy atom. The molecule has 0 rings (SSSR count). The Morgan fingerprint density at radius 3 is 2.33 bits per heavy atom. The van der Waals surface area contributed by atoms with E-state index >= 15 is 0 Å². The molecule has 0 fully saturated rings. The summed E-state index contributed by atoms with van der Waals surface area (Å²) in [6.07, 6.45) is 0.238. The van der Waals surface area contributed by atoms with Crippen LogP contribution < -0.4 is 10.6 Å². The Bertz CT molecular complexity index is 295. The molecule has 0 aromatic heterocycles. The third-order valence-electron chi connectivity index (χ3n) is 1.84. The highest BCUT2D eigenvalue weighted by molar-refractivity contribution is 8.00. The van der Waals surface area contributed by atoms with Crippen molar-refractivity contribution in [1.82, 2.24) is 10.6 Å². The lowest BCUT2D eigenvalue weighted by Gasteiger charge is -2.08. The number of carboxylic acid groups (broad SMARTS) is 1. The Hall–Kier alpha value is -1.24. The largest absolute Gasteiger partial charge is 0.481 e. The predicted octanol–water partition coefficient (Wildman–Crippen LogP) is 0.0827. The summed E-state index contributed by atoms with van der Waals surface area (Å²) in [5, 5.41) is 13.7. The van der Waals surface area contributed by atoms with Crippen molar-refractivity contribution in [2.75, 3.05) is 24.6 Å². The van der Waals surface area contributed by atoms with E-state index in [1.807, 2.05) is 13.8 Å². The SMILES string of the molecule is CC(C)CNC(=O)CCNC(=O)CSCC(=O)O. The molecule has 7 heteroatoms. The van der Waals surface area contributed by atoms with Crippen molar-refractivity contribution in [2.24, 2.45) is 5.92 Å². The van der Waals surface area contributed by atoms with Crippen LogP contribution in [-0.4, -0.2) is 47.5 Å². The molecule has 0 saturated heterocycles. The number of hydrogen-bond acceptors (Lipinski definition) is 4. The van der Waals surface area contributed by atoms with E-state index in [0.717, 1.165) is 11.8 Å². The summed E-state index contributed by atoms with van der Waals surface area (Å²) >= 11 is 1.03. The number of rotatable bonds is 9. The second-order valence-corrected chi connectivity index (χ2v) is 5.17. The Labute approximate surface area is 111 Å². The molecular formula is C11H20N2O4S. The highest BCUT2D eigenvalue weighted by Crippen LogP contribution is 1.97. The number of amides is 2. The summed E-state index contributed by atoms with van der Waals surface area (Å²) in [6.45, 7) is 4.90. The van der Waals surface area contributed by atoms with Gasteiger partial charge in [0.15, 0.2) is 0 Å². The van der Waals surface area contributed by atoms with Crippen LogP contribution in [0.4, 0.5) is 0 Å². The molecule has 0 saturated carbocycles. The molecule has 0 unspecified atom stereocenters. The van der Waals surface area contributed by atoms with Gasteiger partial charge in [0.05, 0.1) is 11.5 Å². The first-order valence-electron chi connectivity index (χ1n) is 5.74. The topological polar surface area (TPSA) is 95.5 Å². The number of aliphatic carboxylic acids is 1. The van der Waals surface area contributed by atoms with Gasteiger partial charge in [0, 0.05) is 19.5 Å². The van der Waals surface area contributed by atoms with Crippen LogP contribution >= 0.6 is 11.8 Å². The minimum Gasteiger partial charge on any atom is -0.481 e. The average molecular weight is 276 g/mol. The van der Waals surface area contributed by atoms with Crippen molar-refractivity contribution in [3.63, 3.8) is 0 Å². The Kier molecular flexibility index (Phi) is 9.08. The quantitative estimate of drug-likeness (QED) is 0.554. The fraction of sp³-hybridized carbons (Fsp3) is 0.727. The third-order valence-corrected chi connectivity index (χ3v) is 2.76. The molecule has 0 atom stereocenters. The lowest BCUT2D eigenvalue weighted by atomic mass is 10.2. The molecule has 0 heterocycles. The molecule has 0 bridgehead atoms. The van der Waals surface area contributed by atoms with Gasteiger partial charge in [0.25, 0.3) is 0 Å². The van der Waals surface area contributed by atoms with Gasteiger partial charge in [-0.25, -0.2) is 0 Å². The first-order chi connectivity index (χ1) is 8.41. The standard InChI is InChI=1S/C11H20N2O4S/c1-8(2)5-13-9(14)3-4-12-10(15)6-18-7-11(16)17/h8H,3-7H2,1-2H3,(H,12,15)(H,13,14)(H,16,17). The van der Waals surface area contributed by atoms with E-state index in [-0.39, 0.29) is 36.3 Å².